The summed E-state index contributed by atoms with van der Waals surface area (Å²) in [6, 6.07) is 7.46. The van der Waals surface area contributed by atoms with Crippen molar-refractivity contribution in [1.82, 2.24) is 15.1 Å². The van der Waals surface area contributed by atoms with Gasteiger partial charge in [0.15, 0.2) is 5.58 Å². The molecule has 0 unspecified atom stereocenters. The van der Waals surface area contributed by atoms with Crippen LogP contribution in [0.3, 0.4) is 0 Å². The first kappa shape index (κ1) is 15.1. The molecule has 1 amide bonds. The van der Waals surface area contributed by atoms with Crippen LogP contribution in [-0.2, 0) is 16.6 Å². The third-order valence-corrected chi connectivity index (χ3v) is 3.39. The fourth-order valence-electron chi connectivity index (χ4n) is 2.20. The van der Waals surface area contributed by atoms with Crippen LogP contribution in [0.15, 0.2) is 41.2 Å². The van der Waals surface area contributed by atoms with Crippen LogP contribution in [-0.4, -0.2) is 21.0 Å². The highest BCUT2D eigenvalue weighted by Gasteiger charge is 2.17. The zero-order valence-electron chi connectivity index (χ0n) is 13.3. The molecule has 6 heteroatoms. The summed E-state index contributed by atoms with van der Waals surface area (Å²) in [5, 5.41) is 7.58. The second kappa shape index (κ2) is 5.79. The molecule has 0 radical (unpaired) electrons. The van der Waals surface area contributed by atoms with E-state index in [9.17, 15) is 4.79 Å². The van der Waals surface area contributed by atoms with Gasteiger partial charge in [-0.1, -0.05) is 38.1 Å². The predicted octanol–water partition coefficient (Wildman–Crippen LogP) is 3.10. The summed E-state index contributed by atoms with van der Waals surface area (Å²) >= 11 is 0. The molecule has 0 aliphatic carbocycles. The zero-order valence-corrected chi connectivity index (χ0v) is 13.3. The fraction of sp³-hybridized carbons (Fsp3) is 0.294. The Morgan fingerprint density at radius 1 is 1.17 bits per heavy atom. The molecule has 3 rings (SSSR count). The molecule has 6 nitrogen and oxygen atoms in total. The Balaban J connectivity index is 1.70. The molecule has 2 heterocycles. The minimum atomic E-state index is -0.184. The van der Waals surface area contributed by atoms with E-state index in [0.29, 0.717) is 17.0 Å². The quantitative estimate of drug-likeness (QED) is 0.804. The van der Waals surface area contributed by atoms with Crippen LogP contribution in [0.1, 0.15) is 32.3 Å². The predicted molar refractivity (Wildman–Crippen MR) is 87.1 cm³/mol. The number of carbonyl (C=O) groups is 1. The van der Waals surface area contributed by atoms with Crippen LogP contribution in [0.5, 0.6) is 0 Å². The summed E-state index contributed by atoms with van der Waals surface area (Å²) < 4.78 is 5.20. The molecule has 2 aromatic heterocycles. The SMILES string of the molecule is CC(C)(C)c1ncc(NC(=O)Cc2noc3ccccc23)cn1. The highest BCUT2D eigenvalue weighted by Crippen LogP contribution is 2.20. The first-order valence-electron chi connectivity index (χ1n) is 7.39. The van der Waals surface area contributed by atoms with Gasteiger partial charge in [0.1, 0.15) is 11.5 Å². The summed E-state index contributed by atoms with van der Waals surface area (Å²) in [5.74, 6) is 0.550. The number of hydrogen-bond acceptors (Lipinski definition) is 5. The molecule has 0 fully saturated rings. The minimum Gasteiger partial charge on any atom is -0.356 e. The van der Waals surface area contributed by atoms with E-state index < -0.39 is 0 Å². The maximum absolute atomic E-state index is 12.2. The van der Waals surface area contributed by atoms with Gasteiger partial charge in [0.25, 0.3) is 0 Å². The largest absolute Gasteiger partial charge is 0.356 e. The van der Waals surface area contributed by atoms with Crippen LogP contribution in [0.2, 0.25) is 0 Å². The number of anilines is 1. The highest BCUT2D eigenvalue weighted by atomic mass is 16.5. The van der Waals surface area contributed by atoms with Crippen LogP contribution in [0.4, 0.5) is 5.69 Å². The van der Waals surface area contributed by atoms with Crippen molar-refractivity contribution in [2.75, 3.05) is 5.32 Å². The summed E-state index contributed by atoms with van der Waals surface area (Å²) in [7, 11) is 0. The summed E-state index contributed by atoms with van der Waals surface area (Å²) in [6.45, 7) is 6.11. The van der Waals surface area contributed by atoms with Gasteiger partial charge in [-0.2, -0.15) is 0 Å². The molecule has 1 aromatic carbocycles. The van der Waals surface area contributed by atoms with Crippen molar-refractivity contribution in [3.63, 3.8) is 0 Å². The second-order valence-electron chi connectivity index (χ2n) is 6.40. The van der Waals surface area contributed by atoms with E-state index in [1.807, 2.05) is 45.0 Å². The van der Waals surface area contributed by atoms with Gasteiger partial charge in [-0.3, -0.25) is 4.79 Å². The molecule has 0 aliphatic heterocycles. The van der Waals surface area contributed by atoms with E-state index in [1.54, 1.807) is 12.4 Å². The average Bonchev–Trinajstić information content (AvgIpc) is 2.90. The van der Waals surface area contributed by atoms with Crippen molar-refractivity contribution in [2.45, 2.75) is 32.6 Å². The number of rotatable bonds is 3. The van der Waals surface area contributed by atoms with Crippen molar-refractivity contribution in [3.8, 4) is 0 Å². The van der Waals surface area contributed by atoms with Crippen LogP contribution >= 0.6 is 0 Å². The smallest absolute Gasteiger partial charge is 0.230 e. The monoisotopic (exact) mass is 310 g/mol. The number of amides is 1. The van der Waals surface area contributed by atoms with Gasteiger partial charge in [0.2, 0.25) is 5.91 Å². The normalized spacial score (nSPS) is 11.6. The third-order valence-electron chi connectivity index (χ3n) is 3.39. The lowest BCUT2D eigenvalue weighted by Gasteiger charge is -2.16. The Hall–Kier alpha value is -2.76. The maximum atomic E-state index is 12.2. The number of aromatic nitrogens is 3. The maximum Gasteiger partial charge on any atom is 0.230 e. The molecule has 0 spiro atoms. The van der Waals surface area contributed by atoms with E-state index in [0.717, 1.165) is 11.2 Å². The Labute approximate surface area is 133 Å². The van der Waals surface area contributed by atoms with Gasteiger partial charge < -0.3 is 9.84 Å². The lowest BCUT2D eigenvalue weighted by atomic mass is 9.96. The Kier molecular flexibility index (Phi) is 3.82. The Morgan fingerprint density at radius 3 is 2.57 bits per heavy atom. The average molecular weight is 310 g/mol. The summed E-state index contributed by atoms with van der Waals surface area (Å²) in [6.07, 6.45) is 3.37. The third kappa shape index (κ3) is 3.36. The molecule has 23 heavy (non-hydrogen) atoms. The van der Waals surface area contributed by atoms with Crippen molar-refractivity contribution in [2.24, 2.45) is 0 Å². The number of benzene rings is 1. The fourth-order valence-corrected chi connectivity index (χ4v) is 2.20. The van der Waals surface area contributed by atoms with Crippen LogP contribution < -0.4 is 5.32 Å². The van der Waals surface area contributed by atoms with Gasteiger partial charge in [0.05, 0.1) is 24.5 Å². The van der Waals surface area contributed by atoms with Gasteiger partial charge in [0, 0.05) is 10.8 Å². The number of fused-ring (bicyclic) bond motifs is 1. The highest BCUT2D eigenvalue weighted by molar-refractivity contribution is 5.94. The standard InChI is InChI=1S/C17H18N4O2/c1-17(2,3)16-18-9-11(10-19-16)20-15(22)8-13-12-6-4-5-7-14(12)23-21-13/h4-7,9-10H,8H2,1-3H3,(H,20,22). The van der Waals surface area contributed by atoms with Crippen molar-refractivity contribution in [3.05, 3.63) is 48.2 Å². The topological polar surface area (TPSA) is 80.9 Å². The lowest BCUT2D eigenvalue weighted by molar-refractivity contribution is -0.115. The Bertz CT molecular complexity index is 832. The lowest BCUT2D eigenvalue weighted by Crippen LogP contribution is -2.18. The van der Waals surface area contributed by atoms with Crippen LogP contribution in [0, 0.1) is 0 Å². The number of para-hydroxylation sites is 1. The summed E-state index contributed by atoms with van der Waals surface area (Å²) in [5.41, 5.74) is 1.73. The number of carbonyl (C=O) groups excluding carboxylic acids is 1. The van der Waals surface area contributed by atoms with E-state index >= 15 is 0 Å². The van der Waals surface area contributed by atoms with Gasteiger partial charge in [-0.05, 0) is 12.1 Å². The molecule has 3 aromatic rings. The molecule has 0 saturated carbocycles. The van der Waals surface area contributed by atoms with Gasteiger partial charge in [-0.25, -0.2) is 9.97 Å². The Morgan fingerprint density at radius 2 is 1.87 bits per heavy atom. The second-order valence-corrected chi connectivity index (χ2v) is 6.40. The number of nitrogens with one attached hydrogen (secondary N) is 1. The first-order valence-corrected chi connectivity index (χ1v) is 7.39. The number of nitrogens with zero attached hydrogens (tertiary/aromatic N) is 3. The molecule has 0 bridgehead atoms. The molecular formula is C17H18N4O2. The van der Waals surface area contributed by atoms with E-state index in [4.69, 9.17) is 4.52 Å². The molecule has 118 valence electrons. The summed E-state index contributed by atoms with van der Waals surface area (Å²) in [4.78, 5) is 20.7. The van der Waals surface area contributed by atoms with Crippen molar-refractivity contribution < 1.29 is 9.32 Å². The number of hydrogen-bond donors (Lipinski definition) is 1. The van der Waals surface area contributed by atoms with E-state index in [-0.39, 0.29) is 17.7 Å². The van der Waals surface area contributed by atoms with Gasteiger partial charge >= 0.3 is 0 Å². The van der Waals surface area contributed by atoms with Crippen molar-refractivity contribution >= 4 is 22.6 Å². The molecule has 0 saturated heterocycles. The van der Waals surface area contributed by atoms with Crippen molar-refractivity contribution in [1.29, 1.82) is 0 Å². The first-order chi connectivity index (χ1) is 10.9. The molecule has 0 atom stereocenters. The molecule has 1 N–H and O–H groups in total. The molecular weight excluding hydrogens is 292 g/mol. The van der Waals surface area contributed by atoms with E-state index in [1.165, 1.54) is 0 Å². The molecule has 0 aliphatic rings. The van der Waals surface area contributed by atoms with E-state index in [2.05, 4.69) is 20.4 Å². The van der Waals surface area contributed by atoms with Gasteiger partial charge in [-0.15, -0.1) is 0 Å². The zero-order chi connectivity index (χ0) is 16.4. The van der Waals surface area contributed by atoms with Crippen LogP contribution in [0.25, 0.3) is 11.0 Å². The minimum absolute atomic E-state index is 0.123.